The predicted octanol–water partition coefficient (Wildman–Crippen LogP) is 3.60. The molecule has 0 fully saturated rings. The van der Waals surface area contributed by atoms with Crippen molar-refractivity contribution in [3.05, 3.63) is 53.6 Å². The number of alkyl halides is 3. The normalized spacial score (nSPS) is 11.4. The Labute approximate surface area is 110 Å². The topological polar surface area (TPSA) is 50.2 Å². The first-order valence-corrected chi connectivity index (χ1v) is 5.36. The van der Waals surface area contributed by atoms with Crippen molar-refractivity contribution in [3.8, 4) is 11.1 Å². The maximum Gasteiger partial charge on any atom is 0.419 e. The van der Waals surface area contributed by atoms with Gasteiger partial charge < -0.3 is 5.11 Å². The molecule has 0 saturated heterocycles. The Kier molecular flexibility index (Phi) is 3.44. The summed E-state index contributed by atoms with van der Waals surface area (Å²) in [5.41, 5.74) is -1.69. The zero-order valence-corrected chi connectivity index (χ0v) is 9.78. The van der Waals surface area contributed by atoms with Gasteiger partial charge in [-0.05, 0) is 23.8 Å². The molecule has 1 aromatic carbocycles. The van der Waals surface area contributed by atoms with Crippen LogP contribution in [0.5, 0.6) is 0 Å². The number of nitrogens with zero attached hydrogens (tertiary/aromatic N) is 1. The number of rotatable bonds is 2. The Morgan fingerprint density at radius 2 is 1.90 bits per heavy atom. The fourth-order valence-electron chi connectivity index (χ4n) is 1.72. The molecule has 1 aromatic heterocycles. The van der Waals surface area contributed by atoms with Crippen LogP contribution in [0.4, 0.5) is 17.6 Å². The van der Waals surface area contributed by atoms with Gasteiger partial charge >= 0.3 is 12.1 Å². The number of pyridine rings is 1. The van der Waals surface area contributed by atoms with E-state index >= 15 is 0 Å². The number of aromatic carboxylic acids is 1. The minimum Gasteiger partial charge on any atom is -0.476 e. The van der Waals surface area contributed by atoms with Crippen molar-refractivity contribution in [2.75, 3.05) is 0 Å². The standard InChI is InChI=1S/C13H7F4NO2/c14-10-6-7(3-4-9(10)13(15,16)17)8-2-1-5-18-11(8)12(19)20/h1-6H,(H,19,20). The van der Waals surface area contributed by atoms with Crippen molar-refractivity contribution in [1.82, 2.24) is 4.98 Å². The fourth-order valence-corrected chi connectivity index (χ4v) is 1.72. The first-order chi connectivity index (χ1) is 9.30. The quantitative estimate of drug-likeness (QED) is 0.858. The molecule has 0 saturated carbocycles. The SMILES string of the molecule is O=C(O)c1ncccc1-c1ccc(C(F)(F)F)c(F)c1. The van der Waals surface area contributed by atoms with Crippen LogP contribution in [0.15, 0.2) is 36.5 Å². The molecule has 0 radical (unpaired) electrons. The summed E-state index contributed by atoms with van der Waals surface area (Å²) in [7, 11) is 0. The lowest BCUT2D eigenvalue weighted by Gasteiger charge is -2.10. The predicted molar refractivity (Wildman–Crippen MR) is 61.6 cm³/mol. The Balaban J connectivity index is 2.56. The summed E-state index contributed by atoms with van der Waals surface area (Å²) >= 11 is 0. The van der Waals surface area contributed by atoms with Gasteiger partial charge in [-0.15, -0.1) is 0 Å². The molecule has 0 unspecified atom stereocenters. The summed E-state index contributed by atoms with van der Waals surface area (Å²) in [5, 5.41) is 8.94. The third-order valence-electron chi connectivity index (χ3n) is 2.60. The van der Waals surface area contributed by atoms with E-state index in [4.69, 9.17) is 5.11 Å². The van der Waals surface area contributed by atoms with Crippen molar-refractivity contribution in [2.45, 2.75) is 6.18 Å². The molecule has 1 N–H and O–H groups in total. The lowest BCUT2D eigenvalue weighted by molar-refractivity contribution is -0.139. The van der Waals surface area contributed by atoms with Crippen LogP contribution in [-0.2, 0) is 6.18 Å². The number of aromatic nitrogens is 1. The van der Waals surface area contributed by atoms with Gasteiger partial charge in [-0.25, -0.2) is 14.2 Å². The number of benzene rings is 1. The van der Waals surface area contributed by atoms with E-state index in [1.807, 2.05) is 0 Å². The molecule has 0 spiro atoms. The lowest BCUT2D eigenvalue weighted by atomic mass is 10.0. The molecule has 0 aliphatic heterocycles. The molecule has 7 heteroatoms. The second-order valence-corrected chi connectivity index (χ2v) is 3.90. The number of carboxylic acids is 1. The highest BCUT2D eigenvalue weighted by Crippen LogP contribution is 2.33. The molecule has 0 aliphatic carbocycles. The van der Waals surface area contributed by atoms with Crippen molar-refractivity contribution in [2.24, 2.45) is 0 Å². The Hall–Kier alpha value is -2.44. The third kappa shape index (κ3) is 2.61. The molecule has 20 heavy (non-hydrogen) atoms. The van der Waals surface area contributed by atoms with Gasteiger partial charge in [0, 0.05) is 11.8 Å². The van der Waals surface area contributed by atoms with E-state index in [-0.39, 0.29) is 16.8 Å². The van der Waals surface area contributed by atoms with Gasteiger partial charge in [0.15, 0.2) is 5.69 Å². The number of carbonyl (C=O) groups is 1. The summed E-state index contributed by atoms with van der Waals surface area (Å²) in [4.78, 5) is 14.6. The van der Waals surface area contributed by atoms with E-state index in [2.05, 4.69) is 4.98 Å². The first kappa shape index (κ1) is 14.0. The molecule has 0 bridgehead atoms. The average molecular weight is 285 g/mol. The van der Waals surface area contributed by atoms with Crippen LogP contribution in [0.2, 0.25) is 0 Å². The maximum absolute atomic E-state index is 13.5. The molecule has 0 atom stereocenters. The number of hydrogen-bond donors (Lipinski definition) is 1. The van der Waals surface area contributed by atoms with E-state index in [1.165, 1.54) is 18.3 Å². The highest BCUT2D eigenvalue weighted by Gasteiger charge is 2.34. The molecule has 0 amide bonds. The molecule has 2 aromatic rings. The van der Waals surface area contributed by atoms with Crippen LogP contribution in [0.3, 0.4) is 0 Å². The molecule has 104 valence electrons. The smallest absolute Gasteiger partial charge is 0.419 e. The summed E-state index contributed by atoms with van der Waals surface area (Å²) < 4.78 is 50.8. The van der Waals surface area contributed by atoms with Crippen LogP contribution in [0, 0.1) is 5.82 Å². The van der Waals surface area contributed by atoms with Crippen molar-refractivity contribution in [1.29, 1.82) is 0 Å². The number of halogens is 4. The van der Waals surface area contributed by atoms with Crippen LogP contribution in [-0.4, -0.2) is 16.1 Å². The van der Waals surface area contributed by atoms with Gasteiger partial charge in [0.1, 0.15) is 5.82 Å². The molecular formula is C13H7F4NO2. The van der Waals surface area contributed by atoms with Gasteiger partial charge in [0.25, 0.3) is 0 Å². The lowest BCUT2D eigenvalue weighted by Crippen LogP contribution is -2.08. The van der Waals surface area contributed by atoms with E-state index in [0.717, 1.165) is 6.07 Å². The van der Waals surface area contributed by atoms with Crippen molar-refractivity contribution >= 4 is 5.97 Å². The zero-order chi connectivity index (χ0) is 14.9. The molecule has 2 rings (SSSR count). The van der Waals surface area contributed by atoms with Crippen LogP contribution in [0.25, 0.3) is 11.1 Å². The summed E-state index contributed by atoms with van der Waals surface area (Å²) in [5.74, 6) is -2.81. The number of hydrogen-bond acceptors (Lipinski definition) is 2. The van der Waals surface area contributed by atoms with E-state index in [1.54, 1.807) is 0 Å². The zero-order valence-electron chi connectivity index (χ0n) is 9.78. The highest BCUT2D eigenvalue weighted by atomic mass is 19.4. The van der Waals surface area contributed by atoms with Crippen molar-refractivity contribution in [3.63, 3.8) is 0 Å². The largest absolute Gasteiger partial charge is 0.476 e. The monoisotopic (exact) mass is 285 g/mol. The van der Waals surface area contributed by atoms with Gasteiger partial charge in [0.05, 0.1) is 5.56 Å². The summed E-state index contributed by atoms with van der Waals surface area (Å²) in [6.07, 6.45) is -3.57. The van der Waals surface area contributed by atoms with Gasteiger partial charge in [-0.2, -0.15) is 13.2 Å². The van der Waals surface area contributed by atoms with Crippen molar-refractivity contribution < 1.29 is 27.5 Å². The van der Waals surface area contributed by atoms with E-state index in [9.17, 15) is 22.4 Å². The Morgan fingerprint density at radius 3 is 2.45 bits per heavy atom. The van der Waals surface area contributed by atoms with Crippen LogP contribution < -0.4 is 0 Å². The van der Waals surface area contributed by atoms with Gasteiger partial charge in [0.2, 0.25) is 0 Å². The number of carboxylic acid groups (broad SMARTS) is 1. The van der Waals surface area contributed by atoms with Crippen LogP contribution in [0.1, 0.15) is 16.1 Å². The summed E-state index contributed by atoms with van der Waals surface area (Å²) in [6, 6.07) is 4.99. The molecule has 0 aliphatic rings. The van der Waals surface area contributed by atoms with Crippen LogP contribution >= 0.6 is 0 Å². The minimum atomic E-state index is -4.80. The van der Waals surface area contributed by atoms with E-state index in [0.29, 0.717) is 12.1 Å². The minimum absolute atomic E-state index is 0.0148. The van der Waals surface area contributed by atoms with Gasteiger partial charge in [-0.1, -0.05) is 12.1 Å². The first-order valence-electron chi connectivity index (χ1n) is 5.36. The van der Waals surface area contributed by atoms with E-state index < -0.39 is 23.5 Å². The van der Waals surface area contributed by atoms with Gasteiger partial charge in [-0.3, -0.25) is 0 Å². The Bertz CT molecular complexity index is 668. The second kappa shape index (κ2) is 4.92. The molecule has 1 heterocycles. The average Bonchev–Trinajstić information content (AvgIpc) is 2.37. The second-order valence-electron chi connectivity index (χ2n) is 3.90. The molecule has 3 nitrogen and oxygen atoms in total. The Morgan fingerprint density at radius 1 is 1.20 bits per heavy atom. The third-order valence-corrected chi connectivity index (χ3v) is 2.60. The highest BCUT2D eigenvalue weighted by molar-refractivity contribution is 5.93. The summed E-state index contributed by atoms with van der Waals surface area (Å²) in [6.45, 7) is 0. The maximum atomic E-state index is 13.5. The molecular weight excluding hydrogens is 278 g/mol. The fraction of sp³-hybridized carbons (Fsp3) is 0.0769.